The second kappa shape index (κ2) is 8.36. The van der Waals surface area contributed by atoms with Gasteiger partial charge in [-0.25, -0.2) is 4.79 Å². The van der Waals surface area contributed by atoms with Gasteiger partial charge in [0.15, 0.2) is 6.10 Å². The predicted molar refractivity (Wildman–Crippen MR) is 117 cm³/mol. The fourth-order valence-corrected chi connectivity index (χ4v) is 6.69. The van der Waals surface area contributed by atoms with E-state index < -0.39 is 24.0 Å². The Morgan fingerprint density at radius 3 is 2.41 bits per heavy atom. The van der Waals surface area contributed by atoms with Gasteiger partial charge in [-0.2, -0.15) is 8.78 Å². The number of carbonyl (C=O) groups is 2. The van der Waals surface area contributed by atoms with Crippen LogP contribution in [-0.2, 0) is 9.53 Å². The smallest absolute Gasteiger partial charge is 0.338 e. The first-order valence-electron chi connectivity index (χ1n) is 11.8. The van der Waals surface area contributed by atoms with Gasteiger partial charge < -0.3 is 19.4 Å². The molecule has 7 heteroatoms. The highest BCUT2D eigenvalue weighted by molar-refractivity contribution is 5.90. The average molecular weight is 470 g/mol. The zero-order valence-electron chi connectivity index (χ0n) is 18.9. The zero-order chi connectivity index (χ0) is 24.1. The van der Waals surface area contributed by atoms with Crippen LogP contribution >= 0.6 is 0 Å². The maximum absolute atomic E-state index is 14.3. The number of ether oxygens (including phenoxy) is 2. The number of hydrogen-bond donors (Lipinski definition) is 0. The molecule has 3 saturated carbocycles. The SMILES string of the molecule is CC1(Oc2ccc(C(=O)OC(c3ccccc3)C(F)(F)C(=O)[O-])cc2)CC2CC1C1CCCC21. The maximum Gasteiger partial charge on any atom is 0.338 e. The third-order valence-corrected chi connectivity index (χ3v) is 8.13. The van der Waals surface area contributed by atoms with Gasteiger partial charge >= 0.3 is 11.9 Å². The number of aliphatic carboxylic acids is 1. The summed E-state index contributed by atoms with van der Waals surface area (Å²) >= 11 is 0. The quantitative estimate of drug-likeness (QED) is 0.556. The molecule has 34 heavy (non-hydrogen) atoms. The summed E-state index contributed by atoms with van der Waals surface area (Å²) < 4.78 is 40.0. The van der Waals surface area contributed by atoms with Crippen LogP contribution in [0.25, 0.3) is 0 Å². The van der Waals surface area contributed by atoms with Gasteiger partial charge in [0.1, 0.15) is 17.3 Å². The van der Waals surface area contributed by atoms with Crippen LogP contribution in [0.5, 0.6) is 5.75 Å². The number of carboxylic acid groups (broad SMARTS) is 1. The summed E-state index contributed by atoms with van der Waals surface area (Å²) in [5.74, 6) is -4.61. The number of hydrogen-bond acceptors (Lipinski definition) is 5. The van der Waals surface area contributed by atoms with Crippen molar-refractivity contribution in [3.8, 4) is 5.75 Å². The molecule has 2 bridgehead atoms. The summed E-state index contributed by atoms with van der Waals surface area (Å²) in [7, 11) is 0. The lowest BCUT2D eigenvalue weighted by atomic mass is 9.73. The van der Waals surface area contributed by atoms with Gasteiger partial charge in [0.05, 0.1) is 5.56 Å². The molecule has 0 amide bonds. The molecule has 180 valence electrons. The molecule has 0 saturated heterocycles. The highest BCUT2D eigenvalue weighted by Gasteiger charge is 2.60. The first-order valence-corrected chi connectivity index (χ1v) is 11.8. The van der Waals surface area contributed by atoms with Gasteiger partial charge in [-0.05, 0) is 80.2 Å². The van der Waals surface area contributed by atoms with E-state index in [4.69, 9.17) is 9.47 Å². The molecule has 3 fully saturated rings. The van der Waals surface area contributed by atoms with Crippen molar-refractivity contribution in [2.45, 2.75) is 56.7 Å². The van der Waals surface area contributed by atoms with Crippen molar-refractivity contribution in [2.75, 3.05) is 0 Å². The lowest BCUT2D eigenvalue weighted by Crippen LogP contribution is -2.47. The Hall–Kier alpha value is -2.96. The molecule has 0 N–H and O–H groups in total. The average Bonchev–Trinajstić information content (AvgIpc) is 3.50. The third kappa shape index (κ3) is 3.85. The molecule has 6 unspecified atom stereocenters. The zero-order valence-corrected chi connectivity index (χ0v) is 18.9. The Morgan fingerprint density at radius 2 is 1.74 bits per heavy atom. The number of alkyl halides is 2. The largest absolute Gasteiger partial charge is 0.544 e. The fraction of sp³-hybridized carbons (Fsp3) is 0.481. The molecule has 6 atom stereocenters. The molecule has 0 heterocycles. The molecule has 0 spiro atoms. The number of halogens is 2. The summed E-state index contributed by atoms with van der Waals surface area (Å²) in [6.45, 7) is 2.17. The summed E-state index contributed by atoms with van der Waals surface area (Å²) in [6.07, 6.45) is 3.84. The van der Waals surface area contributed by atoms with Crippen molar-refractivity contribution in [3.05, 3.63) is 65.7 Å². The Morgan fingerprint density at radius 1 is 1.06 bits per heavy atom. The Balaban J connectivity index is 1.29. The molecule has 2 aromatic carbocycles. The number of carboxylic acids is 1. The van der Waals surface area contributed by atoms with Gasteiger partial charge in [-0.1, -0.05) is 36.8 Å². The summed E-state index contributed by atoms with van der Waals surface area (Å²) in [5.41, 5.74) is -0.358. The molecule has 5 nitrogen and oxygen atoms in total. The van der Waals surface area contributed by atoms with E-state index in [0.29, 0.717) is 11.7 Å². The Labute approximate surface area is 197 Å². The fourth-order valence-electron chi connectivity index (χ4n) is 6.69. The number of benzene rings is 2. The molecule has 0 radical (unpaired) electrons. The van der Waals surface area contributed by atoms with Crippen LogP contribution in [0, 0.1) is 23.7 Å². The molecule has 0 aliphatic heterocycles. The minimum Gasteiger partial charge on any atom is -0.544 e. The molecule has 3 aliphatic carbocycles. The lowest BCUT2D eigenvalue weighted by Gasteiger charge is -2.40. The second-order valence-electron chi connectivity index (χ2n) is 10.1. The summed E-state index contributed by atoms with van der Waals surface area (Å²) in [4.78, 5) is 23.7. The molecule has 3 aliphatic rings. The summed E-state index contributed by atoms with van der Waals surface area (Å²) in [5, 5.41) is 11.0. The first-order chi connectivity index (χ1) is 16.2. The van der Waals surface area contributed by atoms with Gasteiger partial charge in [-0.15, -0.1) is 0 Å². The monoisotopic (exact) mass is 469 g/mol. The van der Waals surface area contributed by atoms with Crippen molar-refractivity contribution in [1.29, 1.82) is 0 Å². The molecule has 5 rings (SSSR count). The van der Waals surface area contributed by atoms with Crippen molar-refractivity contribution in [2.24, 2.45) is 23.7 Å². The van der Waals surface area contributed by atoms with Crippen LogP contribution in [0.3, 0.4) is 0 Å². The van der Waals surface area contributed by atoms with E-state index >= 15 is 0 Å². The number of rotatable bonds is 7. The van der Waals surface area contributed by atoms with E-state index in [2.05, 4.69) is 6.92 Å². The van der Waals surface area contributed by atoms with Crippen LogP contribution in [0.4, 0.5) is 8.78 Å². The summed E-state index contributed by atoms with van der Waals surface area (Å²) in [6, 6.07) is 13.2. The third-order valence-electron chi connectivity index (χ3n) is 8.13. The van der Waals surface area contributed by atoms with Crippen LogP contribution in [-0.4, -0.2) is 23.5 Å². The van der Waals surface area contributed by atoms with Gasteiger partial charge in [0.25, 0.3) is 0 Å². The van der Waals surface area contributed by atoms with Crippen LogP contribution in [0.15, 0.2) is 54.6 Å². The van der Waals surface area contributed by atoms with Crippen molar-refractivity contribution in [3.63, 3.8) is 0 Å². The second-order valence-corrected chi connectivity index (χ2v) is 10.1. The maximum atomic E-state index is 14.3. The van der Waals surface area contributed by atoms with Crippen molar-refractivity contribution in [1.82, 2.24) is 0 Å². The highest BCUT2D eigenvalue weighted by atomic mass is 19.3. The van der Waals surface area contributed by atoms with E-state index in [9.17, 15) is 23.5 Å². The predicted octanol–water partition coefficient (Wildman–Crippen LogP) is 4.56. The van der Waals surface area contributed by atoms with E-state index in [-0.39, 0.29) is 16.7 Å². The van der Waals surface area contributed by atoms with E-state index in [1.165, 1.54) is 62.1 Å². The lowest BCUT2D eigenvalue weighted by molar-refractivity contribution is -0.336. The molecule has 0 aromatic heterocycles. The molecule has 2 aromatic rings. The van der Waals surface area contributed by atoms with Gasteiger partial charge in [-0.3, -0.25) is 0 Å². The Kier molecular flexibility index (Phi) is 5.61. The first kappa shape index (κ1) is 22.8. The van der Waals surface area contributed by atoms with Crippen molar-refractivity contribution < 1.29 is 33.0 Å². The minimum atomic E-state index is -4.39. The number of carbonyl (C=O) groups excluding carboxylic acids is 2. The number of fused-ring (bicyclic) bond motifs is 5. The molecular weight excluding hydrogens is 442 g/mol. The standard InChI is InChI=1S/C27H28F2O5/c1-26(15-18-14-22(26)21-9-5-8-20(18)21)34-19-12-10-17(11-13-19)24(30)33-23(27(28,29)25(31)32)16-6-3-2-4-7-16/h2-4,6-7,10-13,18,20-23H,5,8-9,14-15H2,1H3,(H,31,32)/p-1. The highest BCUT2D eigenvalue weighted by Crippen LogP contribution is 2.63. The normalized spacial score (nSPS) is 30.6. The van der Waals surface area contributed by atoms with E-state index in [0.717, 1.165) is 24.2 Å². The minimum absolute atomic E-state index is 0.0244. The van der Waals surface area contributed by atoms with E-state index in [1.807, 2.05) is 0 Å². The van der Waals surface area contributed by atoms with Crippen molar-refractivity contribution >= 4 is 11.9 Å². The number of esters is 1. The van der Waals surface area contributed by atoms with Crippen LogP contribution < -0.4 is 9.84 Å². The Bertz CT molecular complexity index is 1070. The van der Waals surface area contributed by atoms with E-state index in [1.54, 1.807) is 18.2 Å². The molecular formula is C27H27F2O5-. The van der Waals surface area contributed by atoms with Crippen LogP contribution in [0.1, 0.15) is 61.1 Å². The van der Waals surface area contributed by atoms with Gasteiger partial charge in [0.2, 0.25) is 0 Å². The van der Waals surface area contributed by atoms with Gasteiger partial charge in [0, 0.05) is 5.92 Å². The van der Waals surface area contributed by atoms with Crippen LogP contribution in [0.2, 0.25) is 0 Å². The topological polar surface area (TPSA) is 75.7 Å².